The average Bonchev–Trinajstić information content (AvgIpc) is 2.50. The minimum atomic E-state index is -4.27. The summed E-state index contributed by atoms with van der Waals surface area (Å²) < 4.78 is 76.1. The van der Waals surface area contributed by atoms with Crippen LogP contribution in [-0.2, 0) is 19.6 Å². The lowest BCUT2D eigenvalue weighted by Crippen LogP contribution is -2.54. The van der Waals surface area contributed by atoms with Gasteiger partial charge < -0.3 is 0 Å². The molecular formula is C14H18F6O4. The Hall–Kier alpha value is -0.580. The van der Waals surface area contributed by atoms with Crippen molar-refractivity contribution in [3.8, 4) is 0 Å². The first-order valence-corrected chi connectivity index (χ1v) is 7.91. The van der Waals surface area contributed by atoms with E-state index in [1.54, 1.807) is 0 Å². The third-order valence-corrected chi connectivity index (χ3v) is 5.11. The second kappa shape index (κ2) is 6.00. The van der Waals surface area contributed by atoms with Gasteiger partial charge in [0.15, 0.2) is 0 Å². The van der Waals surface area contributed by atoms with E-state index in [9.17, 15) is 26.3 Å². The predicted molar refractivity (Wildman–Crippen MR) is 65.8 cm³/mol. The molecule has 0 unspecified atom stereocenters. The van der Waals surface area contributed by atoms with Crippen LogP contribution in [0.1, 0.15) is 51.4 Å². The van der Waals surface area contributed by atoms with Crippen LogP contribution >= 0.6 is 0 Å². The largest absolute Gasteiger partial charge is 0.391 e. The fraction of sp³-hybridized carbons (Fsp3) is 1.00. The van der Waals surface area contributed by atoms with Crippen LogP contribution in [0.5, 0.6) is 0 Å². The van der Waals surface area contributed by atoms with Crippen LogP contribution in [0, 0.1) is 11.8 Å². The molecule has 0 N–H and O–H groups in total. The van der Waals surface area contributed by atoms with Gasteiger partial charge in [0, 0.05) is 25.7 Å². The molecule has 0 aromatic carbocycles. The molecule has 1 saturated heterocycles. The topological polar surface area (TPSA) is 36.9 Å². The number of hydrogen-bond donors (Lipinski definition) is 0. The van der Waals surface area contributed by atoms with E-state index in [1.165, 1.54) is 0 Å². The highest BCUT2D eigenvalue weighted by Crippen LogP contribution is 2.49. The first kappa shape index (κ1) is 18.2. The molecule has 24 heavy (non-hydrogen) atoms. The Morgan fingerprint density at radius 3 is 1.00 bits per heavy atom. The number of halogens is 6. The van der Waals surface area contributed by atoms with Gasteiger partial charge in [-0.3, -0.25) is 0 Å². The molecule has 2 saturated carbocycles. The fourth-order valence-corrected chi connectivity index (χ4v) is 3.43. The number of hydrogen-bond acceptors (Lipinski definition) is 4. The zero-order chi connectivity index (χ0) is 17.6. The maximum Gasteiger partial charge on any atom is 0.391 e. The number of alkyl halides is 6. The minimum Gasteiger partial charge on any atom is -0.195 e. The van der Waals surface area contributed by atoms with E-state index in [0.29, 0.717) is 0 Å². The third-order valence-electron chi connectivity index (χ3n) is 5.11. The Balaban J connectivity index is 1.52. The van der Waals surface area contributed by atoms with Crippen LogP contribution in [0.2, 0.25) is 0 Å². The Labute approximate surface area is 134 Å². The molecule has 0 aromatic rings. The zero-order valence-electron chi connectivity index (χ0n) is 12.7. The first-order valence-electron chi connectivity index (χ1n) is 7.91. The molecule has 4 nitrogen and oxygen atoms in total. The lowest BCUT2D eigenvalue weighted by Gasteiger charge is -2.47. The Morgan fingerprint density at radius 2 is 0.792 bits per heavy atom. The van der Waals surface area contributed by atoms with Crippen molar-refractivity contribution in [3.05, 3.63) is 0 Å². The van der Waals surface area contributed by atoms with Gasteiger partial charge in [-0.2, -0.15) is 45.9 Å². The van der Waals surface area contributed by atoms with Crippen molar-refractivity contribution in [1.29, 1.82) is 0 Å². The molecule has 3 fully saturated rings. The highest BCUT2D eigenvalue weighted by atomic mass is 19.4. The molecule has 2 spiro atoms. The van der Waals surface area contributed by atoms with Crippen LogP contribution in [0.3, 0.4) is 0 Å². The fourth-order valence-electron chi connectivity index (χ4n) is 3.43. The van der Waals surface area contributed by atoms with E-state index in [0.717, 1.165) is 0 Å². The highest BCUT2D eigenvalue weighted by Gasteiger charge is 2.56. The first-order chi connectivity index (χ1) is 11.0. The zero-order valence-corrected chi connectivity index (χ0v) is 12.7. The maximum absolute atomic E-state index is 12.7. The molecule has 10 heteroatoms. The summed E-state index contributed by atoms with van der Waals surface area (Å²) in [5, 5.41) is 0. The summed E-state index contributed by atoms with van der Waals surface area (Å²) in [6.07, 6.45) is -9.49. The molecule has 2 aliphatic carbocycles. The molecule has 1 heterocycles. The quantitative estimate of drug-likeness (QED) is 0.457. The Kier molecular flexibility index (Phi) is 4.55. The van der Waals surface area contributed by atoms with Crippen molar-refractivity contribution in [2.24, 2.45) is 11.8 Å². The van der Waals surface area contributed by atoms with Crippen molar-refractivity contribution >= 4 is 0 Å². The van der Waals surface area contributed by atoms with Crippen molar-refractivity contribution < 1.29 is 45.9 Å². The van der Waals surface area contributed by atoms with Crippen LogP contribution in [0.4, 0.5) is 26.3 Å². The summed E-state index contributed by atoms with van der Waals surface area (Å²) in [5.74, 6) is -5.66. The van der Waals surface area contributed by atoms with E-state index < -0.39 is 35.8 Å². The predicted octanol–water partition coefficient (Wildman–Crippen LogP) is 4.79. The summed E-state index contributed by atoms with van der Waals surface area (Å²) in [6, 6.07) is 0. The molecule has 140 valence electrons. The van der Waals surface area contributed by atoms with Gasteiger partial charge in [-0.15, -0.1) is 0 Å². The third kappa shape index (κ3) is 3.66. The van der Waals surface area contributed by atoms with Gasteiger partial charge in [0.05, 0.1) is 11.8 Å². The van der Waals surface area contributed by atoms with Crippen LogP contribution < -0.4 is 0 Å². The standard InChI is InChI=1S/C14H18F6O4/c15-13(16,17)9-1-5-11(6-2-9)21-23-12(24-22-11)7-3-10(4-8-12)14(18,19)20/h9-10H,1-8H2. The van der Waals surface area contributed by atoms with Gasteiger partial charge in [0.1, 0.15) is 0 Å². The van der Waals surface area contributed by atoms with Crippen molar-refractivity contribution in [2.45, 2.75) is 75.3 Å². The van der Waals surface area contributed by atoms with E-state index in [-0.39, 0.29) is 51.4 Å². The SMILES string of the molecule is FC(F)(F)C1CCC2(CC1)OOC1(CCC(C(F)(F)F)CC1)OO2. The van der Waals surface area contributed by atoms with E-state index in [1.807, 2.05) is 0 Å². The van der Waals surface area contributed by atoms with Crippen LogP contribution in [-0.4, -0.2) is 23.9 Å². The second-order valence-corrected chi connectivity index (χ2v) is 6.79. The molecule has 0 amide bonds. The van der Waals surface area contributed by atoms with Crippen molar-refractivity contribution in [1.82, 2.24) is 0 Å². The lowest BCUT2D eigenvalue weighted by molar-refractivity contribution is -0.664. The average molecular weight is 364 g/mol. The molecule has 0 atom stereocenters. The van der Waals surface area contributed by atoms with Crippen LogP contribution in [0.15, 0.2) is 0 Å². The van der Waals surface area contributed by atoms with Gasteiger partial charge in [-0.1, -0.05) is 0 Å². The summed E-state index contributed by atoms with van der Waals surface area (Å²) in [6.45, 7) is 0. The summed E-state index contributed by atoms with van der Waals surface area (Å²) >= 11 is 0. The summed E-state index contributed by atoms with van der Waals surface area (Å²) in [5.41, 5.74) is 0. The molecule has 3 rings (SSSR count). The van der Waals surface area contributed by atoms with Gasteiger partial charge in [-0.05, 0) is 25.7 Å². The molecular weight excluding hydrogens is 346 g/mol. The number of rotatable bonds is 0. The lowest BCUT2D eigenvalue weighted by atomic mass is 9.84. The smallest absolute Gasteiger partial charge is 0.195 e. The molecule has 0 radical (unpaired) electrons. The maximum atomic E-state index is 12.7. The van der Waals surface area contributed by atoms with Gasteiger partial charge in [0.25, 0.3) is 0 Å². The molecule has 0 bridgehead atoms. The Morgan fingerprint density at radius 1 is 0.542 bits per heavy atom. The monoisotopic (exact) mass is 364 g/mol. The van der Waals surface area contributed by atoms with E-state index >= 15 is 0 Å². The second-order valence-electron chi connectivity index (χ2n) is 6.79. The normalized spacial score (nSPS) is 41.8. The Bertz CT molecular complexity index is 393. The minimum absolute atomic E-state index is 0.0571. The van der Waals surface area contributed by atoms with E-state index in [2.05, 4.69) is 0 Å². The van der Waals surface area contributed by atoms with Crippen molar-refractivity contribution in [2.75, 3.05) is 0 Å². The highest BCUT2D eigenvalue weighted by molar-refractivity contribution is 4.86. The van der Waals surface area contributed by atoms with Crippen molar-refractivity contribution in [3.63, 3.8) is 0 Å². The van der Waals surface area contributed by atoms with Gasteiger partial charge in [-0.25, -0.2) is 0 Å². The van der Waals surface area contributed by atoms with Gasteiger partial charge >= 0.3 is 12.4 Å². The molecule has 3 aliphatic rings. The molecule has 0 aromatic heterocycles. The molecule has 1 aliphatic heterocycles. The van der Waals surface area contributed by atoms with Crippen LogP contribution in [0.25, 0.3) is 0 Å². The van der Waals surface area contributed by atoms with E-state index in [4.69, 9.17) is 19.6 Å². The van der Waals surface area contributed by atoms with Gasteiger partial charge in [0.2, 0.25) is 11.6 Å². The summed E-state index contributed by atoms with van der Waals surface area (Å²) in [7, 11) is 0. The summed E-state index contributed by atoms with van der Waals surface area (Å²) in [4.78, 5) is 20.7.